The second kappa shape index (κ2) is 30.8. The summed E-state index contributed by atoms with van der Waals surface area (Å²) in [4.78, 5) is 36.0. The van der Waals surface area contributed by atoms with Crippen molar-refractivity contribution in [1.29, 1.82) is 0 Å². The maximum absolute atomic E-state index is 12.5. The van der Waals surface area contributed by atoms with Gasteiger partial charge in [-0.05, 0) is 83.6 Å². The molecule has 0 radical (unpaired) electrons. The minimum atomic E-state index is -1.02. The second-order valence-electron chi connectivity index (χ2n) is 11.2. The Bertz CT molecular complexity index is 818. The first-order valence-corrected chi connectivity index (χ1v) is 17.0. The van der Waals surface area contributed by atoms with Crippen molar-refractivity contribution in [1.82, 2.24) is 5.32 Å². The van der Waals surface area contributed by atoms with E-state index >= 15 is 0 Å². The van der Waals surface area contributed by atoms with Crippen LogP contribution in [0, 0.1) is 0 Å². The van der Waals surface area contributed by atoms with Crippen molar-refractivity contribution < 1.29 is 24.2 Å². The molecule has 0 aromatic rings. The number of ether oxygens (including phenoxy) is 1. The molecule has 7 heteroatoms. The lowest BCUT2D eigenvalue weighted by Gasteiger charge is -2.18. The molecule has 4 N–H and O–H groups in total. The van der Waals surface area contributed by atoms with Gasteiger partial charge in [0, 0.05) is 12.8 Å². The summed E-state index contributed by atoms with van der Waals surface area (Å²) >= 11 is 0. The molecule has 0 aromatic heterocycles. The molecule has 0 heterocycles. The Hall–Kier alpha value is -2.67. The maximum Gasteiger partial charge on any atom is 0.326 e. The molecule has 2 atom stereocenters. The molecular weight excluding hydrogens is 540 g/mol. The highest BCUT2D eigenvalue weighted by Gasteiger charge is 2.19. The first kappa shape index (κ1) is 40.3. The molecule has 0 bridgehead atoms. The van der Waals surface area contributed by atoms with E-state index in [1.54, 1.807) is 0 Å². The van der Waals surface area contributed by atoms with E-state index in [-0.39, 0.29) is 18.0 Å². The van der Waals surface area contributed by atoms with Gasteiger partial charge < -0.3 is 20.9 Å². The number of nitrogens with one attached hydrogen (secondary N) is 1. The molecule has 0 aliphatic carbocycles. The van der Waals surface area contributed by atoms with Gasteiger partial charge in [0.1, 0.15) is 12.1 Å². The molecule has 0 saturated carbocycles. The third-order valence-electron chi connectivity index (χ3n) is 7.17. The Morgan fingerprint density at radius 1 is 0.698 bits per heavy atom. The van der Waals surface area contributed by atoms with Gasteiger partial charge in [-0.15, -0.1) is 0 Å². The van der Waals surface area contributed by atoms with Gasteiger partial charge in [-0.1, -0.05) is 101 Å². The van der Waals surface area contributed by atoms with Gasteiger partial charge in [-0.25, -0.2) is 4.79 Å². The quantitative estimate of drug-likeness (QED) is 0.0449. The number of amides is 1. The lowest BCUT2D eigenvalue weighted by Crippen LogP contribution is -2.40. The van der Waals surface area contributed by atoms with Crippen molar-refractivity contribution in [3.8, 4) is 0 Å². The molecule has 1 amide bonds. The van der Waals surface area contributed by atoms with E-state index in [2.05, 4.69) is 67.8 Å². The van der Waals surface area contributed by atoms with E-state index in [4.69, 9.17) is 10.5 Å². The molecule has 0 saturated heterocycles. The van der Waals surface area contributed by atoms with Crippen LogP contribution >= 0.6 is 0 Å². The average molecular weight is 603 g/mol. The van der Waals surface area contributed by atoms with Crippen LogP contribution in [-0.2, 0) is 19.1 Å². The number of hydrogen-bond acceptors (Lipinski definition) is 5. The highest BCUT2D eigenvalue weighted by molar-refractivity contribution is 5.83. The number of aliphatic carboxylic acids is 1. The molecule has 0 spiro atoms. The van der Waals surface area contributed by atoms with Crippen LogP contribution in [0.5, 0.6) is 0 Å². The predicted octanol–water partition coefficient (Wildman–Crippen LogP) is 8.49. The summed E-state index contributed by atoms with van der Waals surface area (Å²) in [5.74, 6) is -1.37. The minimum Gasteiger partial charge on any atom is -0.480 e. The molecule has 0 rings (SSSR count). The van der Waals surface area contributed by atoms with Gasteiger partial charge in [0.2, 0.25) is 5.91 Å². The zero-order valence-electron chi connectivity index (χ0n) is 27.3. The highest BCUT2D eigenvalue weighted by atomic mass is 16.5. The third kappa shape index (κ3) is 27.9. The van der Waals surface area contributed by atoms with Crippen molar-refractivity contribution in [3.63, 3.8) is 0 Å². The largest absolute Gasteiger partial charge is 0.480 e. The first-order valence-electron chi connectivity index (χ1n) is 17.0. The monoisotopic (exact) mass is 602 g/mol. The lowest BCUT2D eigenvalue weighted by atomic mass is 10.0. The Labute approximate surface area is 262 Å². The fourth-order valence-electron chi connectivity index (χ4n) is 4.64. The van der Waals surface area contributed by atoms with Gasteiger partial charge >= 0.3 is 11.9 Å². The normalized spacial score (nSPS) is 13.4. The van der Waals surface area contributed by atoms with Crippen molar-refractivity contribution in [2.75, 3.05) is 6.54 Å². The molecule has 0 fully saturated rings. The molecule has 2 unspecified atom stereocenters. The van der Waals surface area contributed by atoms with Crippen LogP contribution in [0.15, 0.2) is 48.6 Å². The summed E-state index contributed by atoms with van der Waals surface area (Å²) in [5.41, 5.74) is 5.45. The molecular formula is C36H62N2O5. The number of carbonyl (C=O) groups is 3. The van der Waals surface area contributed by atoms with Gasteiger partial charge in [0.15, 0.2) is 0 Å². The van der Waals surface area contributed by atoms with Gasteiger partial charge in [0.05, 0.1) is 0 Å². The molecule has 43 heavy (non-hydrogen) atoms. The van der Waals surface area contributed by atoms with E-state index in [9.17, 15) is 19.5 Å². The van der Waals surface area contributed by atoms with Crippen LogP contribution in [0.4, 0.5) is 0 Å². The van der Waals surface area contributed by atoms with Crippen LogP contribution in [0.25, 0.3) is 0 Å². The van der Waals surface area contributed by atoms with Crippen molar-refractivity contribution >= 4 is 17.8 Å². The number of esters is 1. The summed E-state index contributed by atoms with van der Waals surface area (Å²) in [6, 6.07) is -0.869. The zero-order chi connectivity index (χ0) is 31.8. The summed E-state index contributed by atoms with van der Waals surface area (Å²) in [6.07, 6.45) is 34.5. The summed E-state index contributed by atoms with van der Waals surface area (Å²) in [5, 5.41) is 11.8. The number of carboxylic acid groups (broad SMARTS) is 1. The molecule has 0 aromatic carbocycles. The van der Waals surface area contributed by atoms with Crippen LogP contribution in [0.1, 0.15) is 142 Å². The third-order valence-corrected chi connectivity index (χ3v) is 7.17. The number of allylic oxidation sites excluding steroid dienone is 8. The standard InChI is InChI=1S/C36H62N2O5/c1-3-5-7-9-10-11-12-13-14-15-16-18-24-30-35(40)43-32(26-21-17-8-6-4-2)27-22-19-20-23-29-34(39)38-33(36(41)42)28-25-31-37/h5,7,10-11,13-14,16,18,32-33H,3-4,6,8-9,12,15,17,19-31,37H2,1-2H3,(H,38,39)(H,41,42)/b7-5-,11-10-,14-13-,18-16-. The van der Waals surface area contributed by atoms with E-state index in [0.717, 1.165) is 64.2 Å². The zero-order valence-corrected chi connectivity index (χ0v) is 27.3. The number of carbonyl (C=O) groups excluding carboxylic acids is 2. The highest BCUT2D eigenvalue weighted by Crippen LogP contribution is 2.17. The number of carboxylic acids is 1. The summed E-state index contributed by atoms with van der Waals surface area (Å²) in [6.45, 7) is 4.75. The minimum absolute atomic E-state index is 0.0475. The summed E-state index contributed by atoms with van der Waals surface area (Å²) < 4.78 is 5.88. The van der Waals surface area contributed by atoms with Crippen molar-refractivity contribution in [2.45, 2.75) is 154 Å². The van der Waals surface area contributed by atoms with E-state index in [0.29, 0.717) is 45.1 Å². The van der Waals surface area contributed by atoms with E-state index < -0.39 is 12.0 Å². The van der Waals surface area contributed by atoms with Crippen molar-refractivity contribution in [2.24, 2.45) is 5.73 Å². The fourth-order valence-corrected chi connectivity index (χ4v) is 4.64. The number of rotatable bonds is 29. The number of unbranched alkanes of at least 4 members (excludes halogenated alkanes) is 7. The smallest absolute Gasteiger partial charge is 0.326 e. The molecule has 7 nitrogen and oxygen atoms in total. The Kier molecular flexibility index (Phi) is 28.9. The first-order chi connectivity index (χ1) is 20.9. The Morgan fingerprint density at radius 3 is 1.81 bits per heavy atom. The van der Waals surface area contributed by atoms with E-state index in [1.807, 2.05) is 0 Å². The van der Waals surface area contributed by atoms with Gasteiger partial charge in [-0.3, -0.25) is 9.59 Å². The predicted molar refractivity (Wildman–Crippen MR) is 179 cm³/mol. The fraction of sp³-hybridized carbons (Fsp3) is 0.694. The van der Waals surface area contributed by atoms with Crippen LogP contribution < -0.4 is 11.1 Å². The Morgan fingerprint density at radius 2 is 1.26 bits per heavy atom. The van der Waals surface area contributed by atoms with Crippen molar-refractivity contribution in [3.05, 3.63) is 48.6 Å². The van der Waals surface area contributed by atoms with Crippen LogP contribution in [0.2, 0.25) is 0 Å². The SMILES string of the molecule is CC/C=C\C/C=C\C/C=C\C/C=C\CCC(=O)OC(CCCCCCC)CCCCCCC(=O)NC(CCCN)C(=O)O. The van der Waals surface area contributed by atoms with Crippen LogP contribution in [-0.4, -0.2) is 41.6 Å². The Balaban J connectivity index is 4.32. The lowest BCUT2D eigenvalue weighted by molar-refractivity contribution is -0.149. The van der Waals surface area contributed by atoms with Crippen LogP contribution in [0.3, 0.4) is 0 Å². The number of nitrogens with two attached hydrogens (primary N) is 1. The van der Waals surface area contributed by atoms with Gasteiger partial charge in [0.25, 0.3) is 0 Å². The topological polar surface area (TPSA) is 119 Å². The van der Waals surface area contributed by atoms with Gasteiger partial charge in [-0.2, -0.15) is 0 Å². The summed E-state index contributed by atoms with van der Waals surface area (Å²) in [7, 11) is 0. The molecule has 246 valence electrons. The molecule has 0 aliphatic heterocycles. The van der Waals surface area contributed by atoms with E-state index in [1.165, 1.54) is 25.7 Å². The number of hydrogen-bond donors (Lipinski definition) is 3. The second-order valence-corrected chi connectivity index (χ2v) is 11.2. The molecule has 0 aliphatic rings. The average Bonchev–Trinajstić information content (AvgIpc) is 2.98. The maximum atomic E-state index is 12.5.